The van der Waals surface area contributed by atoms with E-state index in [1.165, 1.54) is 5.56 Å². The number of hydrogen-bond acceptors (Lipinski definition) is 3. The van der Waals surface area contributed by atoms with E-state index < -0.39 is 5.60 Å². The maximum Gasteiger partial charge on any atom is 0.0766 e. The molecular weight excluding hydrogens is 224 g/mol. The molecule has 3 nitrogen and oxygen atoms in total. The van der Waals surface area contributed by atoms with Crippen LogP contribution in [0.3, 0.4) is 0 Å². The fourth-order valence-electron chi connectivity index (χ4n) is 2.10. The number of hydrogen-bond donors (Lipinski definition) is 2. The van der Waals surface area contributed by atoms with E-state index in [4.69, 9.17) is 0 Å². The Balaban J connectivity index is 2.71. The van der Waals surface area contributed by atoms with Crippen LogP contribution in [0.15, 0.2) is 24.5 Å². The van der Waals surface area contributed by atoms with E-state index in [-0.39, 0.29) is 6.04 Å². The van der Waals surface area contributed by atoms with Gasteiger partial charge in [0.15, 0.2) is 0 Å². The van der Waals surface area contributed by atoms with Crippen LogP contribution in [0.25, 0.3) is 0 Å². The van der Waals surface area contributed by atoms with Gasteiger partial charge in [-0.15, -0.1) is 0 Å². The summed E-state index contributed by atoms with van der Waals surface area (Å²) in [5.41, 5.74) is 0.581. The van der Waals surface area contributed by atoms with Gasteiger partial charge in [0, 0.05) is 25.0 Å². The first-order chi connectivity index (χ1) is 8.52. The first-order valence-corrected chi connectivity index (χ1v) is 6.88. The van der Waals surface area contributed by atoms with Crippen LogP contribution in [0.1, 0.15) is 52.1 Å². The van der Waals surface area contributed by atoms with Gasteiger partial charge in [-0.2, -0.15) is 0 Å². The molecule has 1 rings (SSSR count). The minimum atomic E-state index is -0.602. The second kappa shape index (κ2) is 6.86. The van der Waals surface area contributed by atoms with Crippen LogP contribution in [-0.2, 0) is 0 Å². The highest BCUT2D eigenvalue weighted by molar-refractivity contribution is 5.14. The quantitative estimate of drug-likeness (QED) is 0.782. The van der Waals surface area contributed by atoms with Gasteiger partial charge in [0.25, 0.3) is 0 Å². The highest BCUT2D eigenvalue weighted by Crippen LogP contribution is 2.22. The van der Waals surface area contributed by atoms with Crippen molar-refractivity contribution in [2.45, 2.75) is 52.2 Å². The summed E-state index contributed by atoms with van der Waals surface area (Å²) in [4.78, 5) is 4.17. The lowest BCUT2D eigenvalue weighted by atomic mass is 9.93. The molecule has 0 aliphatic heterocycles. The zero-order chi connectivity index (χ0) is 13.6. The maximum atomic E-state index is 10.3. The van der Waals surface area contributed by atoms with Gasteiger partial charge in [0.2, 0.25) is 0 Å². The molecule has 0 saturated heterocycles. The molecule has 1 atom stereocenters. The van der Waals surface area contributed by atoms with E-state index in [1.54, 1.807) is 6.20 Å². The van der Waals surface area contributed by atoms with Crippen LogP contribution in [0.4, 0.5) is 0 Å². The molecule has 3 heteroatoms. The predicted octanol–water partition coefficient (Wildman–Crippen LogP) is 2.92. The smallest absolute Gasteiger partial charge is 0.0766 e. The van der Waals surface area contributed by atoms with E-state index in [9.17, 15) is 5.11 Å². The van der Waals surface area contributed by atoms with Crippen LogP contribution < -0.4 is 5.32 Å². The molecule has 0 amide bonds. The topological polar surface area (TPSA) is 45.1 Å². The van der Waals surface area contributed by atoms with E-state index in [1.807, 2.05) is 26.1 Å². The van der Waals surface area contributed by atoms with Gasteiger partial charge in [-0.1, -0.05) is 33.8 Å². The van der Waals surface area contributed by atoms with E-state index in [0.29, 0.717) is 12.5 Å². The van der Waals surface area contributed by atoms with Crippen molar-refractivity contribution in [2.75, 3.05) is 6.54 Å². The molecule has 0 radical (unpaired) electrons. The summed E-state index contributed by atoms with van der Waals surface area (Å²) in [6.45, 7) is 9.04. The molecule has 1 aromatic rings. The molecule has 0 aliphatic carbocycles. The van der Waals surface area contributed by atoms with Gasteiger partial charge in [-0.25, -0.2) is 0 Å². The average molecular weight is 250 g/mol. The van der Waals surface area contributed by atoms with Crippen molar-refractivity contribution in [3.63, 3.8) is 0 Å². The van der Waals surface area contributed by atoms with Crippen LogP contribution >= 0.6 is 0 Å². The number of aliphatic hydroxyl groups is 1. The molecule has 0 spiro atoms. The Morgan fingerprint density at radius 3 is 2.44 bits per heavy atom. The first-order valence-electron chi connectivity index (χ1n) is 6.88. The third kappa shape index (κ3) is 4.07. The average Bonchev–Trinajstić information content (AvgIpc) is 2.39. The summed E-state index contributed by atoms with van der Waals surface area (Å²) in [6, 6.07) is 4.28. The van der Waals surface area contributed by atoms with Crippen molar-refractivity contribution in [1.29, 1.82) is 0 Å². The largest absolute Gasteiger partial charge is 0.389 e. The fraction of sp³-hybridized carbons (Fsp3) is 0.667. The number of rotatable bonds is 7. The summed E-state index contributed by atoms with van der Waals surface area (Å²) in [6.07, 6.45) is 5.23. The predicted molar refractivity (Wildman–Crippen MR) is 75.4 cm³/mol. The van der Waals surface area contributed by atoms with E-state index in [0.717, 1.165) is 12.8 Å². The minimum absolute atomic E-state index is 0.239. The van der Waals surface area contributed by atoms with Gasteiger partial charge in [-0.05, 0) is 30.4 Å². The third-order valence-corrected chi connectivity index (χ3v) is 3.68. The Morgan fingerprint density at radius 2 is 2.00 bits per heavy atom. The highest BCUT2D eigenvalue weighted by atomic mass is 16.3. The second-order valence-electron chi connectivity index (χ2n) is 5.32. The van der Waals surface area contributed by atoms with Crippen molar-refractivity contribution in [1.82, 2.24) is 10.3 Å². The lowest BCUT2D eigenvalue weighted by molar-refractivity contribution is 0.0283. The first kappa shape index (κ1) is 15.1. The highest BCUT2D eigenvalue weighted by Gasteiger charge is 2.24. The fourth-order valence-corrected chi connectivity index (χ4v) is 2.10. The maximum absolute atomic E-state index is 10.3. The number of nitrogens with zero attached hydrogens (tertiary/aromatic N) is 1. The third-order valence-electron chi connectivity index (χ3n) is 3.68. The Kier molecular flexibility index (Phi) is 5.76. The van der Waals surface area contributed by atoms with Crippen molar-refractivity contribution >= 4 is 0 Å². The normalized spacial score (nSPS) is 13.9. The van der Waals surface area contributed by atoms with Crippen LogP contribution in [0.2, 0.25) is 0 Å². The molecule has 1 heterocycles. The van der Waals surface area contributed by atoms with Gasteiger partial charge < -0.3 is 10.4 Å². The number of pyridine rings is 1. The van der Waals surface area contributed by atoms with Gasteiger partial charge >= 0.3 is 0 Å². The Hall–Kier alpha value is -0.930. The van der Waals surface area contributed by atoms with Crippen LogP contribution in [0.5, 0.6) is 0 Å². The molecule has 18 heavy (non-hydrogen) atoms. The monoisotopic (exact) mass is 250 g/mol. The summed E-state index contributed by atoms with van der Waals surface area (Å²) >= 11 is 0. The molecule has 0 bridgehead atoms. The molecule has 0 aliphatic rings. The molecule has 102 valence electrons. The van der Waals surface area contributed by atoms with Crippen LogP contribution in [0, 0.1) is 5.92 Å². The summed E-state index contributed by atoms with van der Waals surface area (Å²) < 4.78 is 0. The van der Waals surface area contributed by atoms with Crippen LogP contribution in [-0.4, -0.2) is 22.2 Å². The molecule has 2 N–H and O–H groups in total. The molecular formula is C15H26N2O. The van der Waals surface area contributed by atoms with Gasteiger partial charge in [0.05, 0.1) is 5.60 Å². The SMILES string of the molecule is CCC(O)(CC)CNC(c1cccnc1)C(C)C. The number of aromatic nitrogens is 1. The van der Waals surface area contributed by atoms with Crippen molar-refractivity contribution in [3.05, 3.63) is 30.1 Å². The van der Waals surface area contributed by atoms with Gasteiger partial charge in [0.1, 0.15) is 0 Å². The molecule has 1 aromatic heterocycles. The second-order valence-corrected chi connectivity index (χ2v) is 5.32. The summed E-state index contributed by atoms with van der Waals surface area (Å²) in [7, 11) is 0. The zero-order valence-electron chi connectivity index (χ0n) is 12.0. The Bertz CT molecular complexity index is 334. The zero-order valence-corrected chi connectivity index (χ0v) is 12.0. The van der Waals surface area contributed by atoms with E-state index >= 15 is 0 Å². The molecule has 0 aromatic carbocycles. The van der Waals surface area contributed by atoms with E-state index in [2.05, 4.69) is 30.2 Å². The lowest BCUT2D eigenvalue weighted by Gasteiger charge is -2.30. The minimum Gasteiger partial charge on any atom is -0.389 e. The summed E-state index contributed by atoms with van der Waals surface area (Å²) in [5, 5.41) is 13.8. The lowest BCUT2D eigenvalue weighted by Crippen LogP contribution is -2.42. The van der Waals surface area contributed by atoms with Crippen molar-refractivity contribution < 1.29 is 5.11 Å². The van der Waals surface area contributed by atoms with Crippen molar-refractivity contribution in [3.8, 4) is 0 Å². The summed E-state index contributed by atoms with van der Waals surface area (Å²) in [5.74, 6) is 0.465. The Morgan fingerprint density at radius 1 is 1.33 bits per heavy atom. The van der Waals surface area contributed by atoms with Gasteiger partial charge in [-0.3, -0.25) is 4.98 Å². The number of nitrogens with one attached hydrogen (secondary N) is 1. The van der Waals surface area contributed by atoms with Crippen molar-refractivity contribution in [2.24, 2.45) is 5.92 Å². The standard InChI is InChI=1S/C15H26N2O/c1-5-15(18,6-2)11-17-14(12(3)4)13-8-7-9-16-10-13/h7-10,12,14,17-18H,5-6,11H2,1-4H3. The molecule has 0 saturated carbocycles. The molecule has 0 fully saturated rings. The molecule has 1 unspecified atom stereocenters. The Labute approximate surface area is 111 Å².